The Morgan fingerprint density at radius 3 is 2.46 bits per heavy atom. The molecule has 0 aromatic carbocycles. The molecule has 0 spiro atoms. The van der Waals surface area contributed by atoms with Gasteiger partial charge in [-0.3, -0.25) is 0 Å². The molecule has 0 aliphatic rings. The van der Waals surface area contributed by atoms with Gasteiger partial charge >= 0.3 is 0 Å². The molecule has 0 atom stereocenters. The van der Waals surface area contributed by atoms with Crippen LogP contribution >= 0.6 is 34.8 Å². The third kappa shape index (κ3) is 2.42. The van der Waals surface area contributed by atoms with Crippen molar-refractivity contribution in [2.45, 2.75) is 12.3 Å². The standard InChI is InChI=1S/C7H4Cl3F2N/c8-2-5-4(9)1-3(7(11)12)6(10)13-5/h1,7H,2H2. The molecule has 6 heteroatoms. The second kappa shape index (κ2) is 4.40. The fourth-order valence-electron chi connectivity index (χ4n) is 0.763. The van der Waals surface area contributed by atoms with Crippen LogP contribution in [0.15, 0.2) is 6.07 Å². The summed E-state index contributed by atoms with van der Waals surface area (Å²) in [5, 5.41) is -0.148. The minimum atomic E-state index is -2.68. The normalized spacial score (nSPS) is 10.9. The number of hydrogen-bond acceptors (Lipinski definition) is 1. The minimum Gasteiger partial charge on any atom is -0.238 e. The average molecular weight is 246 g/mol. The summed E-state index contributed by atoms with van der Waals surface area (Å²) in [5.74, 6) is 0.0437. The SMILES string of the molecule is FC(F)c1cc(Cl)c(CCl)nc1Cl. The first-order valence-electron chi connectivity index (χ1n) is 3.25. The lowest BCUT2D eigenvalue weighted by Gasteiger charge is -2.05. The molecule has 1 aromatic rings. The molecular weight excluding hydrogens is 242 g/mol. The third-order valence-electron chi connectivity index (χ3n) is 1.39. The monoisotopic (exact) mass is 245 g/mol. The average Bonchev–Trinajstić information content (AvgIpc) is 2.07. The summed E-state index contributed by atoms with van der Waals surface area (Å²) in [5.41, 5.74) is -0.0710. The zero-order valence-electron chi connectivity index (χ0n) is 6.20. The number of hydrogen-bond donors (Lipinski definition) is 0. The van der Waals surface area contributed by atoms with Crippen molar-refractivity contribution in [3.05, 3.63) is 27.5 Å². The van der Waals surface area contributed by atoms with E-state index in [1.807, 2.05) is 0 Å². The number of nitrogens with zero attached hydrogens (tertiary/aromatic N) is 1. The van der Waals surface area contributed by atoms with Gasteiger partial charge in [-0.15, -0.1) is 11.6 Å². The van der Waals surface area contributed by atoms with Crippen molar-refractivity contribution >= 4 is 34.8 Å². The van der Waals surface area contributed by atoms with Crippen molar-refractivity contribution in [1.82, 2.24) is 4.98 Å². The molecule has 0 fully saturated rings. The third-order valence-corrected chi connectivity index (χ3v) is 2.27. The van der Waals surface area contributed by atoms with Gasteiger partial charge < -0.3 is 0 Å². The topological polar surface area (TPSA) is 12.9 Å². The number of rotatable bonds is 2. The van der Waals surface area contributed by atoms with Crippen LogP contribution in [0.4, 0.5) is 8.78 Å². The number of alkyl halides is 3. The maximum atomic E-state index is 12.2. The minimum absolute atomic E-state index is 0.0437. The second-order valence-electron chi connectivity index (χ2n) is 2.23. The summed E-state index contributed by atoms with van der Waals surface area (Å²) < 4.78 is 24.5. The van der Waals surface area contributed by atoms with Crippen LogP contribution in [0, 0.1) is 0 Å². The van der Waals surface area contributed by atoms with E-state index in [0.717, 1.165) is 6.07 Å². The van der Waals surface area contributed by atoms with Crippen molar-refractivity contribution in [3.63, 3.8) is 0 Å². The number of aromatic nitrogens is 1. The molecule has 72 valence electrons. The fourth-order valence-corrected chi connectivity index (χ4v) is 1.50. The van der Waals surface area contributed by atoms with Gasteiger partial charge in [0.05, 0.1) is 22.2 Å². The van der Waals surface area contributed by atoms with E-state index in [9.17, 15) is 8.78 Å². The Labute approximate surface area is 88.6 Å². The van der Waals surface area contributed by atoms with E-state index in [4.69, 9.17) is 34.8 Å². The first-order chi connectivity index (χ1) is 6.06. The molecule has 1 nitrogen and oxygen atoms in total. The molecule has 1 heterocycles. The van der Waals surface area contributed by atoms with Gasteiger partial charge in [0.2, 0.25) is 0 Å². The predicted octanol–water partition coefficient (Wildman–Crippen LogP) is 4.06. The van der Waals surface area contributed by atoms with Crippen LogP contribution < -0.4 is 0 Å². The highest BCUT2D eigenvalue weighted by Gasteiger charge is 2.15. The van der Waals surface area contributed by atoms with Gasteiger partial charge in [0.25, 0.3) is 6.43 Å². The van der Waals surface area contributed by atoms with Gasteiger partial charge in [-0.2, -0.15) is 0 Å². The first-order valence-corrected chi connectivity index (χ1v) is 4.54. The second-order valence-corrected chi connectivity index (χ2v) is 3.26. The lowest BCUT2D eigenvalue weighted by molar-refractivity contribution is 0.151. The van der Waals surface area contributed by atoms with Crippen LogP contribution in [0.25, 0.3) is 0 Å². The summed E-state index contributed by atoms with van der Waals surface area (Å²) >= 11 is 16.5. The summed E-state index contributed by atoms with van der Waals surface area (Å²) in [6.07, 6.45) is -2.68. The van der Waals surface area contributed by atoms with Gasteiger partial charge in [0.1, 0.15) is 5.15 Å². The quantitative estimate of drug-likeness (QED) is 0.566. The number of pyridine rings is 1. The van der Waals surface area contributed by atoms with Gasteiger partial charge in [-0.25, -0.2) is 13.8 Å². The Balaban J connectivity index is 3.20. The van der Waals surface area contributed by atoms with Crippen molar-refractivity contribution < 1.29 is 8.78 Å². The maximum Gasteiger partial charge on any atom is 0.266 e. The maximum absolute atomic E-state index is 12.2. The van der Waals surface area contributed by atoms with Crippen LogP contribution in [0.2, 0.25) is 10.2 Å². The zero-order valence-corrected chi connectivity index (χ0v) is 8.47. The largest absolute Gasteiger partial charge is 0.266 e. The molecule has 0 aliphatic carbocycles. The molecule has 13 heavy (non-hydrogen) atoms. The van der Waals surface area contributed by atoms with Crippen LogP contribution in [0.1, 0.15) is 17.7 Å². The molecule has 0 N–H and O–H groups in total. The lowest BCUT2D eigenvalue weighted by Crippen LogP contribution is -1.94. The summed E-state index contributed by atoms with van der Waals surface area (Å²) in [6, 6.07) is 1.08. The highest BCUT2D eigenvalue weighted by atomic mass is 35.5. The van der Waals surface area contributed by atoms with Crippen LogP contribution in [-0.2, 0) is 5.88 Å². The van der Waals surface area contributed by atoms with Crippen LogP contribution in [-0.4, -0.2) is 4.98 Å². The predicted molar refractivity (Wildman–Crippen MR) is 48.8 cm³/mol. The number of halogens is 5. The summed E-state index contributed by atoms with van der Waals surface area (Å²) in [7, 11) is 0. The lowest BCUT2D eigenvalue weighted by atomic mass is 10.2. The van der Waals surface area contributed by atoms with Crippen molar-refractivity contribution in [1.29, 1.82) is 0 Å². The molecule has 0 saturated heterocycles. The van der Waals surface area contributed by atoms with Crippen molar-refractivity contribution in [3.8, 4) is 0 Å². The Morgan fingerprint density at radius 1 is 1.38 bits per heavy atom. The molecule has 0 aliphatic heterocycles. The van der Waals surface area contributed by atoms with Crippen molar-refractivity contribution in [2.24, 2.45) is 0 Å². The Kier molecular flexibility index (Phi) is 3.71. The molecule has 0 radical (unpaired) electrons. The molecule has 1 rings (SSSR count). The Bertz CT molecular complexity index is 317. The van der Waals surface area contributed by atoms with Crippen molar-refractivity contribution in [2.75, 3.05) is 0 Å². The summed E-state index contributed by atoms with van der Waals surface area (Å²) in [4.78, 5) is 3.63. The molecular formula is C7H4Cl3F2N. The Hall–Kier alpha value is -0.120. The van der Waals surface area contributed by atoms with Gasteiger partial charge in [-0.1, -0.05) is 23.2 Å². The zero-order chi connectivity index (χ0) is 10.0. The van der Waals surface area contributed by atoms with E-state index >= 15 is 0 Å². The molecule has 0 bridgehead atoms. The fraction of sp³-hybridized carbons (Fsp3) is 0.286. The Morgan fingerprint density at radius 2 is 2.00 bits per heavy atom. The molecule has 0 unspecified atom stereocenters. The highest BCUT2D eigenvalue weighted by Crippen LogP contribution is 2.29. The van der Waals surface area contributed by atoms with E-state index in [1.165, 1.54) is 0 Å². The van der Waals surface area contributed by atoms with Gasteiger partial charge in [0, 0.05) is 0 Å². The van der Waals surface area contributed by atoms with Crippen LogP contribution in [0.3, 0.4) is 0 Å². The van der Waals surface area contributed by atoms with E-state index in [2.05, 4.69) is 4.98 Å². The van der Waals surface area contributed by atoms with Gasteiger partial charge in [-0.05, 0) is 6.07 Å². The van der Waals surface area contributed by atoms with E-state index in [-0.39, 0.29) is 21.6 Å². The van der Waals surface area contributed by atoms with Gasteiger partial charge in [0.15, 0.2) is 0 Å². The smallest absolute Gasteiger partial charge is 0.238 e. The highest BCUT2D eigenvalue weighted by molar-refractivity contribution is 6.33. The molecule has 1 aromatic heterocycles. The first kappa shape index (κ1) is 11.0. The van der Waals surface area contributed by atoms with E-state index in [0.29, 0.717) is 5.69 Å². The summed E-state index contributed by atoms with van der Waals surface area (Å²) in [6.45, 7) is 0. The molecule has 0 saturated carbocycles. The molecule has 0 amide bonds. The van der Waals surface area contributed by atoms with E-state index in [1.54, 1.807) is 0 Å². The van der Waals surface area contributed by atoms with Crippen LogP contribution in [0.5, 0.6) is 0 Å². The van der Waals surface area contributed by atoms with E-state index < -0.39 is 6.43 Å².